The predicted molar refractivity (Wildman–Crippen MR) is 18.7 cm³/mol. The second-order valence-corrected chi connectivity index (χ2v) is 0.911. The zero-order chi connectivity index (χ0) is 4.99. The monoisotopic (exact) mass is 127 g/mol. The Kier molecular flexibility index (Phi) is 11.0. The number of hydrogen-bond acceptors (Lipinski definition) is 3. The normalized spacial score (nSPS) is 7.00. The molecule has 0 aromatic carbocycles. The summed E-state index contributed by atoms with van der Waals surface area (Å²) in [6.07, 6.45) is -0.0417. The molecule has 2 N–H and O–H groups in total. The van der Waals surface area contributed by atoms with E-state index < -0.39 is 5.97 Å². The first kappa shape index (κ1) is 10.9. The SMILES string of the molecule is NCCC(=O)[O-].[K+]. The summed E-state index contributed by atoms with van der Waals surface area (Å²) < 4.78 is 0. The molecule has 0 spiro atoms. The van der Waals surface area contributed by atoms with Gasteiger partial charge in [-0.3, -0.25) is 0 Å². The van der Waals surface area contributed by atoms with Crippen LogP contribution in [0, 0.1) is 0 Å². The molecule has 36 valence electrons. The van der Waals surface area contributed by atoms with Crippen LogP contribution < -0.4 is 62.2 Å². The van der Waals surface area contributed by atoms with Crippen molar-refractivity contribution in [3.05, 3.63) is 0 Å². The minimum absolute atomic E-state index is 0. The molecule has 3 nitrogen and oxygen atoms in total. The number of carbonyl (C=O) groups excluding carboxylic acids is 1. The average Bonchev–Trinajstić information content (AvgIpc) is 1.35. The maximum Gasteiger partial charge on any atom is 1.00 e. The Hall–Kier alpha value is 1.07. The molecule has 0 fully saturated rings. The molecule has 0 unspecified atom stereocenters. The van der Waals surface area contributed by atoms with Crippen LogP contribution in [0.15, 0.2) is 0 Å². The summed E-state index contributed by atoms with van der Waals surface area (Å²) in [6, 6.07) is 0. The largest absolute Gasteiger partial charge is 1.00 e. The Bertz CT molecular complexity index is 56.9. The molecule has 4 heteroatoms. The van der Waals surface area contributed by atoms with Crippen LogP contribution in [0.1, 0.15) is 6.42 Å². The summed E-state index contributed by atoms with van der Waals surface area (Å²) in [4.78, 5) is 9.41. The molecule has 0 aromatic rings. The topological polar surface area (TPSA) is 66.2 Å². The van der Waals surface area contributed by atoms with Gasteiger partial charge in [0.05, 0.1) is 0 Å². The first-order chi connectivity index (χ1) is 2.77. The molecule has 0 amide bonds. The van der Waals surface area contributed by atoms with Crippen LogP contribution in [0.2, 0.25) is 0 Å². The molecular weight excluding hydrogens is 121 g/mol. The van der Waals surface area contributed by atoms with Gasteiger partial charge < -0.3 is 15.6 Å². The number of carbonyl (C=O) groups is 1. The fourth-order valence-corrected chi connectivity index (χ4v) is 0.118. The number of carboxylic acid groups (broad SMARTS) is 1. The maximum atomic E-state index is 9.41. The van der Waals surface area contributed by atoms with Crippen LogP contribution in [0.3, 0.4) is 0 Å². The zero-order valence-electron chi connectivity index (χ0n) is 4.31. The number of carboxylic acids is 1. The average molecular weight is 127 g/mol. The van der Waals surface area contributed by atoms with E-state index >= 15 is 0 Å². The van der Waals surface area contributed by atoms with Crippen molar-refractivity contribution >= 4 is 5.97 Å². The van der Waals surface area contributed by atoms with Crippen molar-refractivity contribution in [2.24, 2.45) is 5.73 Å². The zero-order valence-corrected chi connectivity index (χ0v) is 7.43. The minimum Gasteiger partial charge on any atom is -0.550 e. The fraction of sp³-hybridized carbons (Fsp3) is 0.667. The molecule has 0 bridgehead atoms. The van der Waals surface area contributed by atoms with Gasteiger partial charge in [0.25, 0.3) is 0 Å². The Morgan fingerprint density at radius 3 is 2.14 bits per heavy atom. The predicted octanol–water partition coefficient (Wildman–Crippen LogP) is -4.91. The third kappa shape index (κ3) is 11.0. The number of hydrogen-bond donors (Lipinski definition) is 1. The van der Waals surface area contributed by atoms with E-state index in [0.29, 0.717) is 0 Å². The van der Waals surface area contributed by atoms with Gasteiger partial charge in [0.1, 0.15) is 0 Å². The molecule has 0 radical (unpaired) electrons. The minimum atomic E-state index is -1.09. The Morgan fingerprint density at radius 1 is 1.71 bits per heavy atom. The fourth-order valence-electron chi connectivity index (χ4n) is 0.118. The number of aliphatic carboxylic acids is 1. The second kappa shape index (κ2) is 7.07. The summed E-state index contributed by atoms with van der Waals surface area (Å²) in [5.74, 6) is -1.09. The van der Waals surface area contributed by atoms with Gasteiger partial charge in [-0.15, -0.1) is 0 Å². The van der Waals surface area contributed by atoms with Crippen molar-refractivity contribution in [3.63, 3.8) is 0 Å². The van der Waals surface area contributed by atoms with E-state index in [1.165, 1.54) is 0 Å². The summed E-state index contributed by atoms with van der Waals surface area (Å²) in [6.45, 7) is 0.169. The number of rotatable bonds is 2. The standard InChI is InChI=1S/C3H7NO2.K/c4-2-1-3(5)6;/h1-2,4H2,(H,5,6);/q;+1/p-1. The van der Waals surface area contributed by atoms with Crippen molar-refractivity contribution in [1.82, 2.24) is 0 Å². The van der Waals surface area contributed by atoms with E-state index in [2.05, 4.69) is 0 Å². The first-order valence-electron chi connectivity index (χ1n) is 1.67. The van der Waals surface area contributed by atoms with Gasteiger partial charge >= 0.3 is 51.4 Å². The van der Waals surface area contributed by atoms with Gasteiger partial charge in [0.15, 0.2) is 0 Å². The molecule has 0 heterocycles. The third-order valence-corrected chi connectivity index (χ3v) is 0.348. The number of nitrogens with two attached hydrogens (primary N) is 1. The maximum absolute atomic E-state index is 9.41. The summed E-state index contributed by atoms with van der Waals surface area (Å²) in [5, 5.41) is 9.41. The van der Waals surface area contributed by atoms with Crippen LogP contribution in [0.5, 0.6) is 0 Å². The molecule has 0 rings (SSSR count). The van der Waals surface area contributed by atoms with Crippen LogP contribution in [-0.2, 0) is 4.79 Å². The van der Waals surface area contributed by atoms with Crippen LogP contribution in [-0.4, -0.2) is 12.5 Å². The molecule has 0 aliphatic heterocycles. The van der Waals surface area contributed by atoms with E-state index in [9.17, 15) is 9.90 Å². The van der Waals surface area contributed by atoms with Gasteiger partial charge in [0, 0.05) is 5.97 Å². The summed E-state index contributed by atoms with van der Waals surface area (Å²) in [5.41, 5.74) is 4.81. The smallest absolute Gasteiger partial charge is 0.550 e. The molecule has 0 saturated heterocycles. The second-order valence-electron chi connectivity index (χ2n) is 0.911. The van der Waals surface area contributed by atoms with Crippen molar-refractivity contribution in [3.8, 4) is 0 Å². The van der Waals surface area contributed by atoms with E-state index in [1.807, 2.05) is 0 Å². The van der Waals surface area contributed by atoms with Gasteiger partial charge in [-0.05, 0) is 13.0 Å². The van der Waals surface area contributed by atoms with Crippen molar-refractivity contribution < 1.29 is 61.3 Å². The Morgan fingerprint density at radius 2 is 2.14 bits per heavy atom. The summed E-state index contributed by atoms with van der Waals surface area (Å²) >= 11 is 0. The van der Waals surface area contributed by atoms with E-state index in [-0.39, 0.29) is 64.4 Å². The van der Waals surface area contributed by atoms with Gasteiger partial charge in [-0.25, -0.2) is 0 Å². The first-order valence-corrected chi connectivity index (χ1v) is 1.67. The molecule has 0 aliphatic rings. The van der Waals surface area contributed by atoms with E-state index in [4.69, 9.17) is 5.73 Å². The molecule has 7 heavy (non-hydrogen) atoms. The molecule has 0 aromatic heterocycles. The van der Waals surface area contributed by atoms with Crippen molar-refractivity contribution in [1.29, 1.82) is 0 Å². The summed E-state index contributed by atoms with van der Waals surface area (Å²) in [7, 11) is 0. The quantitative estimate of drug-likeness (QED) is 0.378. The molecule has 0 atom stereocenters. The Balaban J connectivity index is 0. The van der Waals surface area contributed by atoms with Gasteiger partial charge in [-0.2, -0.15) is 0 Å². The molecular formula is C3H6KNO2. The van der Waals surface area contributed by atoms with Crippen LogP contribution in [0.25, 0.3) is 0 Å². The van der Waals surface area contributed by atoms with Crippen molar-refractivity contribution in [2.45, 2.75) is 6.42 Å². The van der Waals surface area contributed by atoms with E-state index in [1.54, 1.807) is 0 Å². The van der Waals surface area contributed by atoms with Gasteiger partial charge in [-0.1, -0.05) is 0 Å². The van der Waals surface area contributed by atoms with E-state index in [0.717, 1.165) is 0 Å². The third-order valence-electron chi connectivity index (χ3n) is 0.348. The Labute approximate surface area is 84.7 Å². The molecule has 0 saturated carbocycles. The molecule has 0 aliphatic carbocycles. The van der Waals surface area contributed by atoms with Crippen LogP contribution in [0.4, 0.5) is 0 Å². The van der Waals surface area contributed by atoms with Crippen molar-refractivity contribution in [2.75, 3.05) is 6.54 Å². The van der Waals surface area contributed by atoms with Crippen LogP contribution >= 0.6 is 0 Å². The van der Waals surface area contributed by atoms with Gasteiger partial charge in [0.2, 0.25) is 0 Å².